The van der Waals surface area contributed by atoms with Gasteiger partial charge >= 0.3 is 6.03 Å². The summed E-state index contributed by atoms with van der Waals surface area (Å²) in [5, 5.41) is 12.1. The van der Waals surface area contributed by atoms with Crippen LogP contribution in [0.2, 0.25) is 0 Å². The highest BCUT2D eigenvalue weighted by molar-refractivity contribution is 5.74. The zero-order chi connectivity index (χ0) is 16.7. The third-order valence-electron chi connectivity index (χ3n) is 4.10. The first-order chi connectivity index (χ1) is 11.1. The van der Waals surface area contributed by atoms with Crippen molar-refractivity contribution in [2.45, 2.75) is 32.3 Å². The maximum atomic E-state index is 13.2. The largest absolute Gasteiger partial charge is 0.489 e. The summed E-state index contributed by atoms with van der Waals surface area (Å²) >= 11 is 0. The monoisotopic (exact) mass is 324 g/mol. The predicted octanol–water partition coefficient (Wildman–Crippen LogP) is 2.40. The van der Waals surface area contributed by atoms with E-state index in [4.69, 9.17) is 4.74 Å². The molecule has 1 aromatic rings. The summed E-state index contributed by atoms with van der Waals surface area (Å²) in [6.07, 6.45) is 2.37. The van der Waals surface area contributed by atoms with Crippen molar-refractivity contribution in [3.8, 4) is 5.75 Å². The van der Waals surface area contributed by atoms with Crippen LogP contribution in [0.3, 0.4) is 0 Å². The van der Waals surface area contributed by atoms with Crippen molar-refractivity contribution in [3.05, 3.63) is 30.1 Å². The van der Waals surface area contributed by atoms with Crippen molar-refractivity contribution >= 4 is 6.03 Å². The van der Waals surface area contributed by atoms with Crippen LogP contribution >= 0.6 is 0 Å². The van der Waals surface area contributed by atoms with E-state index in [9.17, 15) is 14.3 Å². The van der Waals surface area contributed by atoms with Gasteiger partial charge in [0.15, 0.2) is 0 Å². The van der Waals surface area contributed by atoms with Gasteiger partial charge in [-0.1, -0.05) is 13.0 Å². The molecule has 1 aliphatic heterocycles. The molecule has 5 nitrogen and oxygen atoms in total. The predicted molar refractivity (Wildman–Crippen MR) is 85.9 cm³/mol. The van der Waals surface area contributed by atoms with E-state index in [0.29, 0.717) is 31.8 Å². The molecule has 23 heavy (non-hydrogen) atoms. The standard InChI is InChI=1S/C17H25FN2O3/c1-2-15(23-16-7-3-6-14(18)9-16)10-19-17(22)20-8-4-5-13(11-20)12-21/h3,6-7,9,13,15,21H,2,4-5,8,10-12H2,1H3,(H,19,22)/t13-,15+/m1/s1. The number of carbonyl (C=O) groups is 1. The molecule has 0 aromatic heterocycles. The zero-order valence-electron chi connectivity index (χ0n) is 13.5. The van der Waals surface area contributed by atoms with E-state index in [0.717, 1.165) is 12.8 Å². The summed E-state index contributed by atoms with van der Waals surface area (Å²) in [7, 11) is 0. The molecule has 1 saturated heterocycles. The van der Waals surface area contributed by atoms with Crippen molar-refractivity contribution in [3.63, 3.8) is 0 Å². The van der Waals surface area contributed by atoms with Gasteiger partial charge in [0.05, 0.1) is 6.54 Å². The number of nitrogens with one attached hydrogen (secondary N) is 1. The van der Waals surface area contributed by atoms with Crippen molar-refractivity contribution in [1.29, 1.82) is 0 Å². The minimum Gasteiger partial charge on any atom is -0.489 e. The van der Waals surface area contributed by atoms with E-state index in [1.54, 1.807) is 17.0 Å². The van der Waals surface area contributed by atoms with Crippen molar-refractivity contribution in [2.75, 3.05) is 26.2 Å². The van der Waals surface area contributed by atoms with Gasteiger partial charge in [-0.25, -0.2) is 9.18 Å². The molecule has 1 fully saturated rings. The minimum absolute atomic E-state index is 0.115. The van der Waals surface area contributed by atoms with E-state index in [1.807, 2.05) is 6.92 Å². The second kappa shape index (κ2) is 8.72. The first kappa shape index (κ1) is 17.5. The number of likely N-dealkylation sites (tertiary alicyclic amines) is 1. The van der Waals surface area contributed by atoms with Gasteiger partial charge in [0, 0.05) is 25.8 Å². The number of aliphatic hydroxyl groups is 1. The van der Waals surface area contributed by atoms with Crippen LogP contribution in [0.25, 0.3) is 0 Å². The second-order valence-corrected chi connectivity index (χ2v) is 5.93. The molecule has 0 saturated carbocycles. The first-order valence-electron chi connectivity index (χ1n) is 8.18. The van der Waals surface area contributed by atoms with E-state index < -0.39 is 0 Å². The van der Waals surface area contributed by atoms with Gasteiger partial charge in [-0.2, -0.15) is 0 Å². The number of ether oxygens (including phenoxy) is 1. The summed E-state index contributed by atoms with van der Waals surface area (Å²) in [4.78, 5) is 13.9. The lowest BCUT2D eigenvalue weighted by Gasteiger charge is -2.32. The maximum absolute atomic E-state index is 13.2. The van der Waals surface area contributed by atoms with Crippen LogP contribution < -0.4 is 10.1 Å². The van der Waals surface area contributed by atoms with Crippen molar-refractivity contribution < 1.29 is 19.0 Å². The van der Waals surface area contributed by atoms with Gasteiger partial charge in [-0.05, 0) is 37.3 Å². The Balaban J connectivity index is 1.81. The van der Waals surface area contributed by atoms with Crippen LogP contribution in [-0.2, 0) is 0 Å². The Morgan fingerprint density at radius 3 is 3.09 bits per heavy atom. The summed E-state index contributed by atoms with van der Waals surface area (Å²) in [6, 6.07) is 5.86. The topological polar surface area (TPSA) is 61.8 Å². The third kappa shape index (κ3) is 5.39. The number of halogens is 1. The average molecular weight is 324 g/mol. The maximum Gasteiger partial charge on any atom is 0.317 e. The number of hydrogen-bond acceptors (Lipinski definition) is 3. The number of rotatable bonds is 6. The number of benzene rings is 1. The van der Waals surface area contributed by atoms with Crippen LogP contribution in [0.1, 0.15) is 26.2 Å². The number of amides is 2. The molecule has 128 valence electrons. The second-order valence-electron chi connectivity index (χ2n) is 5.93. The Kier molecular flexibility index (Phi) is 6.65. The van der Waals surface area contributed by atoms with Crippen LogP contribution in [0, 0.1) is 11.7 Å². The Hall–Kier alpha value is -1.82. The van der Waals surface area contributed by atoms with E-state index in [2.05, 4.69) is 5.32 Å². The molecule has 0 bridgehead atoms. The van der Waals surface area contributed by atoms with E-state index in [1.165, 1.54) is 12.1 Å². The molecule has 2 amide bonds. The van der Waals surface area contributed by atoms with Gasteiger partial charge in [-0.3, -0.25) is 0 Å². The Labute approximate surface area is 136 Å². The molecule has 1 aromatic carbocycles. The van der Waals surface area contributed by atoms with Gasteiger partial charge in [-0.15, -0.1) is 0 Å². The highest BCUT2D eigenvalue weighted by Crippen LogP contribution is 2.16. The molecular weight excluding hydrogens is 299 g/mol. The Morgan fingerprint density at radius 2 is 2.39 bits per heavy atom. The number of nitrogens with zero attached hydrogens (tertiary/aromatic N) is 1. The highest BCUT2D eigenvalue weighted by atomic mass is 19.1. The molecule has 1 aliphatic rings. The number of piperidine rings is 1. The van der Waals surface area contributed by atoms with Gasteiger partial charge in [0.2, 0.25) is 0 Å². The molecule has 0 aliphatic carbocycles. The summed E-state index contributed by atoms with van der Waals surface area (Å²) in [5.41, 5.74) is 0. The fourth-order valence-corrected chi connectivity index (χ4v) is 2.71. The summed E-state index contributed by atoms with van der Waals surface area (Å²) < 4.78 is 18.9. The van der Waals surface area contributed by atoms with Gasteiger partial charge < -0.3 is 20.1 Å². The molecule has 0 spiro atoms. The van der Waals surface area contributed by atoms with Gasteiger partial charge in [0.1, 0.15) is 17.7 Å². The third-order valence-corrected chi connectivity index (χ3v) is 4.10. The fraction of sp³-hybridized carbons (Fsp3) is 0.588. The molecule has 6 heteroatoms. The van der Waals surface area contributed by atoms with Crippen LogP contribution in [0.15, 0.2) is 24.3 Å². The van der Waals surface area contributed by atoms with Crippen molar-refractivity contribution in [1.82, 2.24) is 10.2 Å². The van der Waals surface area contributed by atoms with Crippen molar-refractivity contribution in [2.24, 2.45) is 5.92 Å². The van der Waals surface area contributed by atoms with E-state index in [-0.39, 0.29) is 30.5 Å². The van der Waals surface area contributed by atoms with Gasteiger partial charge in [0.25, 0.3) is 0 Å². The highest BCUT2D eigenvalue weighted by Gasteiger charge is 2.23. The molecular formula is C17H25FN2O3. The average Bonchev–Trinajstić information content (AvgIpc) is 2.58. The minimum atomic E-state index is -0.343. The molecule has 2 N–H and O–H groups in total. The lowest BCUT2D eigenvalue weighted by Crippen LogP contribution is -2.48. The number of aliphatic hydroxyl groups excluding tert-OH is 1. The number of carbonyl (C=O) groups excluding carboxylic acids is 1. The lowest BCUT2D eigenvalue weighted by molar-refractivity contribution is 0.125. The van der Waals surface area contributed by atoms with Crippen LogP contribution in [0.4, 0.5) is 9.18 Å². The van der Waals surface area contributed by atoms with E-state index >= 15 is 0 Å². The Morgan fingerprint density at radius 1 is 1.57 bits per heavy atom. The molecule has 1 heterocycles. The van der Waals surface area contributed by atoms with Crippen LogP contribution in [0.5, 0.6) is 5.75 Å². The molecule has 0 radical (unpaired) electrons. The molecule has 2 rings (SSSR count). The quantitative estimate of drug-likeness (QED) is 0.845. The smallest absolute Gasteiger partial charge is 0.317 e. The summed E-state index contributed by atoms with van der Waals surface area (Å²) in [5.74, 6) is 0.286. The fourth-order valence-electron chi connectivity index (χ4n) is 2.71. The zero-order valence-corrected chi connectivity index (χ0v) is 13.5. The molecule has 2 atom stereocenters. The number of urea groups is 1. The van der Waals surface area contributed by atoms with Crippen LogP contribution in [-0.4, -0.2) is 48.4 Å². The molecule has 0 unspecified atom stereocenters. The summed E-state index contributed by atoms with van der Waals surface area (Å²) in [6.45, 7) is 3.74. The SMILES string of the molecule is CC[C@@H](CNC(=O)N1CCC[C@@H](CO)C1)Oc1cccc(F)c1. The normalized spacial score (nSPS) is 19.3. The Bertz CT molecular complexity index is 512. The first-order valence-corrected chi connectivity index (χ1v) is 8.18. The number of hydrogen-bond donors (Lipinski definition) is 2. The lowest BCUT2D eigenvalue weighted by atomic mass is 9.99.